The summed E-state index contributed by atoms with van der Waals surface area (Å²) in [5.74, 6) is -2.20. The van der Waals surface area contributed by atoms with Crippen molar-refractivity contribution < 1.29 is 22.3 Å². The summed E-state index contributed by atoms with van der Waals surface area (Å²) < 4.78 is 52.0. The van der Waals surface area contributed by atoms with Crippen molar-refractivity contribution in [3.63, 3.8) is 0 Å². The molecule has 7 heteroatoms. The lowest BCUT2D eigenvalue weighted by atomic mass is 10.1. The SMILES string of the molecule is CN(CC1CCCC1O)S(=O)(=O)Cc1ccc(F)cc1F. The average Bonchev–Trinajstić information content (AvgIpc) is 2.78. The smallest absolute Gasteiger partial charge is 0.218 e. The normalized spacial score (nSPS) is 22.9. The Morgan fingerprint density at radius 1 is 1.33 bits per heavy atom. The van der Waals surface area contributed by atoms with Gasteiger partial charge in [0.2, 0.25) is 10.0 Å². The minimum atomic E-state index is -3.70. The first-order valence-electron chi connectivity index (χ1n) is 6.85. The van der Waals surface area contributed by atoms with Gasteiger partial charge in [0, 0.05) is 25.2 Å². The highest BCUT2D eigenvalue weighted by Crippen LogP contribution is 2.27. The van der Waals surface area contributed by atoms with Crippen LogP contribution in [0.2, 0.25) is 0 Å². The van der Waals surface area contributed by atoms with E-state index >= 15 is 0 Å². The summed E-state index contributed by atoms with van der Waals surface area (Å²) in [6.45, 7) is 0.215. The Kier molecular flexibility index (Phi) is 4.95. The topological polar surface area (TPSA) is 57.6 Å². The molecule has 0 aromatic heterocycles. The van der Waals surface area contributed by atoms with Crippen LogP contribution in [0.1, 0.15) is 24.8 Å². The molecule has 2 rings (SSSR count). The monoisotopic (exact) mass is 319 g/mol. The number of aliphatic hydroxyl groups is 1. The predicted octanol–water partition coefficient (Wildman–Crippen LogP) is 1.89. The van der Waals surface area contributed by atoms with Gasteiger partial charge in [0.25, 0.3) is 0 Å². The van der Waals surface area contributed by atoms with Crippen LogP contribution in [0.3, 0.4) is 0 Å². The number of nitrogens with zero attached hydrogens (tertiary/aromatic N) is 1. The zero-order chi connectivity index (χ0) is 15.6. The molecule has 1 N–H and O–H groups in total. The van der Waals surface area contributed by atoms with Crippen LogP contribution >= 0.6 is 0 Å². The van der Waals surface area contributed by atoms with Crippen LogP contribution in [0, 0.1) is 17.6 Å². The Morgan fingerprint density at radius 3 is 2.62 bits per heavy atom. The van der Waals surface area contributed by atoms with E-state index in [9.17, 15) is 22.3 Å². The van der Waals surface area contributed by atoms with Crippen molar-refractivity contribution in [2.24, 2.45) is 5.92 Å². The van der Waals surface area contributed by atoms with E-state index in [1.165, 1.54) is 7.05 Å². The van der Waals surface area contributed by atoms with Crippen LogP contribution in [0.4, 0.5) is 8.78 Å². The third-order valence-corrected chi connectivity index (χ3v) is 5.71. The predicted molar refractivity (Wildman–Crippen MR) is 75.0 cm³/mol. The van der Waals surface area contributed by atoms with Crippen LogP contribution in [0.25, 0.3) is 0 Å². The fraction of sp³-hybridized carbons (Fsp3) is 0.571. The van der Waals surface area contributed by atoms with Gasteiger partial charge < -0.3 is 5.11 Å². The molecule has 1 aromatic rings. The van der Waals surface area contributed by atoms with Crippen LogP contribution in [-0.4, -0.2) is 37.5 Å². The lowest BCUT2D eigenvalue weighted by Gasteiger charge is -2.23. The van der Waals surface area contributed by atoms with Crippen LogP contribution < -0.4 is 0 Å². The summed E-state index contributed by atoms with van der Waals surface area (Å²) in [6.07, 6.45) is 1.87. The molecule has 0 amide bonds. The van der Waals surface area contributed by atoms with Crippen molar-refractivity contribution in [2.45, 2.75) is 31.1 Å². The van der Waals surface area contributed by atoms with Gasteiger partial charge in [-0.15, -0.1) is 0 Å². The third kappa shape index (κ3) is 3.99. The van der Waals surface area contributed by atoms with Gasteiger partial charge in [0.15, 0.2) is 0 Å². The molecule has 1 aromatic carbocycles. The van der Waals surface area contributed by atoms with Crippen molar-refractivity contribution in [2.75, 3.05) is 13.6 Å². The Hall–Kier alpha value is -1.05. The second kappa shape index (κ2) is 6.37. The summed E-state index contributed by atoms with van der Waals surface area (Å²) >= 11 is 0. The largest absolute Gasteiger partial charge is 0.393 e. The van der Waals surface area contributed by atoms with Gasteiger partial charge in [0.1, 0.15) is 11.6 Å². The van der Waals surface area contributed by atoms with Crippen molar-refractivity contribution in [1.29, 1.82) is 0 Å². The molecule has 4 nitrogen and oxygen atoms in total. The number of benzene rings is 1. The summed E-state index contributed by atoms with van der Waals surface area (Å²) in [7, 11) is -2.28. The molecule has 0 radical (unpaired) electrons. The molecule has 0 saturated heterocycles. The van der Waals surface area contributed by atoms with Crippen molar-refractivity contribution in [3.05, 3.63) is 35.4 Å². The van der Waals surface area contributed by atoms with Crippen molar-refractivity contribution >= 4 is 10.0 Å². The molecule has 1 aliphatic carbocycles. The molecule has 0 heterocycles. The second-order valence-corrected chi connectivity index (χ2v) is 7.61. The van der Waals surface area contributed by atoms with Gasteiger partial charge in [-0.2, -0.15) is 0 Å². The fourth-order valence-corrected chi connectivity index (χ4v) is 3.89. The summed E-state index contributed by atoms with van der Waals surface area (Å²) in [6, 6.07) is 2.85. The maximum atomic E-state index is 13.5. The fourth-order valence-electron chi connectivity index (χ4n) is 2.62. The zero-order valence-electron chi connectivity index (χ0n) is 11.8. The molecule has 118 valence electrons. The minimum absolute atomic E-state index is 0.0600. The first kappa shape index (κ1) is 16.3. The number of hydrogen-bond donors (Lipinski definition) is 1. The van der Waals surface area contributed by atoms with Crippen molar-refractivity contribution in [1.82, 2.24) is 4.31 Å². The van der Waals surface area contributed by atoms with Crippen LogP contribution in [0.15, 0.2) is 18.2 Å². The van der Waals surface area contributed by atoms with E-state index in [4.69, 9.17) is 0 Å². The zero-order valence-corrected chi connectivity index (χ0v) is 12.6. The summed E-state index contributed by atoms with van der Waals surface area (Å²) in [5, 5.41) is 9.74. The standard InChI is InChI=1S/C14H19F2NO3S/c1-17(8-10-3-2-4-14(10)18)21(19,20)9-11-5-6-12(15)7-13(11)16/h5-7,10,14,18H,2-4,8-9H2,1H3. The van der Waals surface area contributed by atoms with Gasteiger partial charge >= 0.3 is 0 Å². The van der Waals surface area contributed by atoms with E-state index in [1.807, 2.05) is 0 Å². The molecule has 0 aliphatic heterocycles. The van der Waals surface area contributed by atoms with E-state index in [-0.39, 0.29) is 18.0 Å². The molecule has 1 saturated carbocycles. The van der Waals surface area contributed by atoms with E-state index in [2.05, 4.69) is 0 Å². The first-order chi connectivity index (χ1) is 9.79. The average molecular weight is 319 g/mol. The molecule has 2 unspecified atom stereocenters. The number of hydrogen-bond acceptors (Lipinski definition) is 3. The number of halogens is 2. The Morgan fingerprint density at radius 2 is 2.05 bits per heavy atom. The molecule has 0 bridgehead atoms. The molecule has 2 atom stereocenters. The Balaban J connectivity index is 2.06. The number of sulfonamides is 1. The number of aliphatic hydroxyl groups excluding tert-OH is 1. The Labute approximate surface area is 123 Å². The number of rotatable bonds is 5. The highest BCUT2D eigenvalue weighted by Gasteiger charge is 2.30. The minimum Gasteiger partial charge on any atom is -0.393 e. The van der Waals surface area contributed by atoms with Gasteiger partial charge in [-0.05, 0) is 24.8 Å². The molecule has 1 fully saturated rings. The Bertz CT molecular complexity index is 606. The quantitative estimate of drug-likeness (QED) is 0.901. The second-order valence-electron chi connectivity index (χ2n) is 5.53. The maximum absolute atomic E-state index is 13.5. The summed E-state index contributed by atoms with van der Waals surface area (Å²) in [5.41, 5.74) is -0.0600. The van der Waals surface area contributed by atoms with E-state index in [1.54, 1.807) is 0 Å². The van der Waals surface area contributed by atoms with Gasteiger partial charge in [0.05, 0.1) is 11.9 Å². The third-order valence-electron chi connectivity index (χ3n) is 3.94. The van der Waals surface area contributed by atoms with Crippen LogP contribution in [-0.2, 0) is 15.8 Å². The maximum Gasteiger partial charge on any atom is 0.218 e. The molecule has 1 aliphatic rings. The van der Waals surface area contributed by atoms with Crippen LogP contribution in [0.5, 0.6) is 0 Å². The van der Waals surface area contributed by atoms with Gasteiger partial charge in [-0.1, -0.05) is 12.5 Å². The molecule has 0 spiro atoms. The molecular formula is C14H19F2NO3S. The van der Waals surface area contributed by atoms with Gasteiger partial charge in [-0.3, -0.25) is 0 Å². The van der Waals surface area contributed by atoms with Gasteiger partial charge in [-0.25, -0.2) is 21.5 Å². The van der Waals surface area contributed by atoms with E-state index in [0.717, 1.165) is 29.3 Å². The molecule has 21 heavy (non-hydrogen) atoms. The van der Waals surface area contributed by atoms with E-state index in [0.29, 0.717) is 12.5 Å². The first-order valence-corrected chi connectivity index (χ1v) is 8.46. The summed E-state index contributed by atoms with van der Waals surface area (Å²) in [4.78, 5) is 0. The highest BCUT2D eigenvalue weighted by atomic mass is 32.2. The highest BCUT2D eigenvalue weighted by molar-refractivity contribution is 7.88. The van der Waals surface area contributed by atoms with E-state index < -0.39 is 33.5 Å². The molecular weight excluding hydrogens is 300 g/mol. The lowest BCUT2D eigenvalue weighted by Crippen LogP contribution is -2.35. The van der Waals surface area contributed by atoms with Crippen molar-refractivity contribution in [3.8, 4) is 0 Å². The lowest BCUT2D eigenvalue weighted by molar-refractivity contribution is 0.123.